The van der Waals surface area contributed by atoms with Gasteiger partial charge >= 0.3 is 0 Å². The Morgan fingerprint density at radius 1 is 0.840 bits per heavy atom. The van der Waals surface area contributed by atoms with Gasteiger partial charge in [-0.2, -0.15) is 0 Å². The maximum absolute atomic E-state index is 12.6. The summed E-state index contributed by atoms with van der Waals surface area (Å²) in [4.78, 5) is 35.2. The molecule has 0 aliphatic rings. The van der Waals surface area contributed by atoms with Gasteiger partial charge in [-0.15, -0.1) is 0 Å². The number of carbonyl (C=O) groups is 3. The molecule has 2 rings (SSSR count). The summed E-state index contributed by atoms with van der Waals surface area (Å²) in [6, 6.07) is 14.1. The topological polar surface area (TPSA) is 87.3 Å². The van der Waals surface area contributed by atoms with E-state index < -0.39 is 0 Å². The van der Waals surface area contributed by atoms with Gasteiger partial charge in [0, 0.05) is 30.8 Å². The van der Waals surface area contributed by atoms with Crippen LogP contribution in [0.2, 0.25) is 0 Å². The van der Waals surface area contributed by atoms with Crippen LogP contribution in [0.25, 0.3) is 0 Å². The van der Waals surface area contributed by atoms with Crippen LogP contribution in [0.3, 0.4) is 0 Å². The van der Waals surface area contributed by atoms with Gasteiger partial charge in [0.2, 0.25) is 11.8 Å². The first kappa shape index (κ1) is 18.2. The van der Waals surface area contributed by atoms with Gasteiger partial charge in [-0.25, -0.2) is 0 Å². The number of hydrogen-bond donors (Lipinski definition) is 3. The van der Waals surface area contributed by atoms with Gasteiger partial charge in [-0.1, -0.05) is 30.3 Å². The molecular weight excluding hydrogens is 318 g/mol. The van der Waals surface area contributed by atoms with Crippen LogP contribution in [-0.2, 0) is 9.59 Å². The highest BCUT2D eigenvalue weighted by Crippen LogP contribution is 2.20. The average molecular weight is 339 g/mol. The number of benzene rings is 2. The highest BCUT2D eigenvalue weighted by Gasteiger charge is 2.14. The van der Waals surface area contributed by atoms with Crippen molar-refractivity contribution in [2.45, 2.75) is 26.8 Å². The van der Waals surface area contributed by atoms with Crippen molar-refractivity contribution >= 4 is 29.1 Å². The van der Waals surface area contributed by atoms with E-state index in [1.54, 1.807) is 18.2 Å². The van der Waals surface area contributed by atoms with Gasteiger partial charge in [0.1, 0.15) is 0 Å². The Morgan fingerprint density at radius 2 is 1.36 bits per heavy atom. The summed E-state index contributed by atoms with van der Waals surface area (Å²) in [6.07, 6.45) is 0. The number of rotatable bonds is 5. The van der Waals surface area contributed by atoms with E-state index >= 15 is 0 Å². The third kappa shape index (κ3) is 5.46. The molecule has 1 unspecified atom stereocenters. The molecule has 3 amide bonds. The van der Waals surface area contributed by atoms with Crippen molar-refractivity contribution in [3.8, 4) is 0 Å². The molecule has 130 valence electrons. The highest BCUT2D eigenvalue weighted by molar-refractivity contribution is 6.00. The van der Waals surface area contributed by atoms with Crippen LogP contribution in [0.15, 0.2) is 48.5 Å². The zero-order valence-corrected chi connectivity index (χ0v) is 14.4. The van der Waals surface area contributed by atoms with E-state index in [1.165, 1.54) is 13.8 Å². The van der Waals surface area contributed by atoms with Crippen molar-refractivity contribution in [1.29, 1.82) is 0 Å². The summed E-state index contributed by atoms with van der Waals surface area (Å²) < 4.78 is 0. The lowest BCUT2D eigenvalue weighted by atomic mass is 10.1. The molecule has 6 nitrogen and oxygen atoms in total. The summed E-state index contributed by atoms with van der Waals surface area (Å²) in [5.41, 5.74) is 2.21. The van der Waals surface area contributed by atoms with Crippen LogP contribution in [-0.4, -0.2) is 17.7 Å². The van der Waals surface area contributed by atoms with Crippen LogP contribution < -0.4 is 16.0 Å². The minimum atomic E-state index is -0.296. The smallest absolute Gasteiger partial charge is 0.251 e. The van der Waals surface area contributed by atoms with Crippen LogP contribution in [0, 0.1) is 0 Å². The molecule has 0 aliphatic carbocycles. The van der Waals surface area contributed by atoms with Crippen molar-refractivity contribution in [2.24, 2.45) is 0 Å². The first-order valence-electron chi connectivity index (χ1n) is 7.91. The van der Waals surface area contributed by atoms with Gasteiger partial charge in [-0.3, -0.25) is 14.4 Å². The van der Waals surface area contributed by atoms with Crippen molar-refractivity contribution < 1.29 is 14.4 Å². The van der Waals surface area contributed by atoms with Gasteiger partial charge in [0.05, 0.1) is 6.04 Å². The molecular formula is C19H21N3O3. The molecule has 0 fully saturated rings. The van der Waals surface area contributed by atoms with Crippen molar-refractivity contribution in [3.63, 3.8) is 0 Å². The SMILES string of the molecule is CC(=O)Nc1cc(NC(C)=O)cc(C(=O)NC(C)c2ccccc2)c1. The Balaban J connectivity index is 2.24. The van der Waals surface area contributed by atoms with Gasteiger partial charge in [-0.05, 0) is 30.7 Å². The predicted octanol–water partition coefficient (Wildman–Crippen LogP) is 3.09. The number of hydrogen-bond acceptors (Lipinski definition) is 3. The molecule has 0 spiro atoms. The molecule has 0 saturated heterocycles. The van der Waals surface area contributed by atoms with Crippen LogP contribution in [0.5, 0.6) is 0 Å². The summed E-state index contributed by atoms with van der Waals surface area (Å²) in [7, 11) is 0. The maximum Gasteiger partial charge on any atom is 0.251 e. The first-order valence-corrected chi connectivity index (χ1v) is 7.91. The summed E-state index contributed by atoms with van der Waals surface area (Å²) in [5.74, 6) is -0.817. The van der Waals surface area contributed by atoms with Crippen molar-refractivity contribution in [3.05, 3.63) is 59.7 Å². The molecule has 3 N–H and O–H groups in total. The standard InChI is InChI=1S/C19H21N3O3/c1-12(15-7-5-4-6-8-15)20-19(25)16-9-17(21-13(2)23)11-18(10-16)22-14(3)24/h4-12H,1-3H3,(H,20,25)(H,21,23)(H,22,24). The molecule has 0 aromatic heterocycles. The van der Waals surface area contributed by atoms with E-state index in [2.05, 4.69) is 16.0 Å². The quantitative estimate of drug-likeness (QED) is 0.782. The zero-order chi connectivity index (χ0) is 18.4. The van der Waals surface area contributed by atoms with Gasteiger partial charge in [0.25, 0.3) is 5.91 Å². The molecule has 0 radical (unpaired) electrons. The lowest BCUT2D eigenvalue weighted by Crippen LogP contribution is -2.27. The highest BCUT2D eigenvalue weighted by atomic mass is 16.2. The largest absolute Gasteiger partial charge is 0.346 e. The van der Waals surface area contributed by atoms with Crippen LogP contribution in [0.4, 0.5) is 11.4 Å². The second-order valence-corrected chi connectivity index (χ2v) is 5.77. The van der Waals surface area contributed by atoms with Crippen molar-refractivity contribution in [2.75, 3.05) is 10.6 Å². The van der Waals surface area contributed by atoms with Gasteiger partial charge < -0.3 is 16.0 Å². The molecule has 2 aromatic rings. The fourth-order valence-corrected chi connectivity index (χ4v) is 2.41. The monoisotopic (exact) mass is 339 g/mol. The van der Waals surface area contributed by atoms with Crippen LogP contribution in [0.1, 0.15) is 42.7 Å². The Hall–Kier alpha value is -3.15. The second-order valence-electron chi connectivity index (χ2n) is 5.77. The van der Waals surface area contributed by atoms with E-state index in [0.717, 1.165) is 5.56 Å². The molecule has 1 atom stereocenters. The molecule has 25 heavy (non-hydrogen) atoms. The normalized spacial score (nSPS) is 11.3. The Kier molecular flexibility index (Phi) is 5.89. The van der Waals surface area contributed by atoms with E-state index in [4.69, 9.17) is 0 Å². The molecule has 0 heterocycles. The van der Waals surface area contributed by atoms with Gasteiger partial charge in [0.15, 0.2) is 0 Å². The Labute approximate surface area is 146 Å². The Bertz CT molecular complexity index is 754. The van der Waals surface area contributed by atoms with E-state index in [9.17, 15) is 14.4 Å². The number of nitrogens with one attached hydrogen (secondary N) is 3. The average Bonchev–Trinajstić information content (AvgIpc) is 2.54. The third-order valence-electron chi connectivity index (χ3n) is 3.48. The maximum atomic E-state index is 12.6. The van der Waals surface area contributed by atoms with E-state index in [0.29, 0.717) is 16.9 Å². The minimum Gasteiger partial charge on any atom is -0.346 e. The number of anilines is 2. The molecule has 2 aromatic carbocycles. The summed E-state index contributed by atoms with van der Waals surface area (Å²) in [6.45, 7) is 4.64. The predicted molar refractivity (Wildman–Crippen MR) is 97.4 cm³/mol. The fraction of sp³-hybridized carbons (Fsp3) is 0.211. The molecule has 0 bridgehead atoms. The number of carbonyl (C=O) groups excluding carboxylic acids is 3. The van der Waals surface area contributed by atoms with E-state index in [-0.39, 0.29) is 23.8 Å². The van der Waals surface area contributed by atoms with E-state index in [1.807, 2.05) is 37.3 Å². The first-order chi connectivity index (χ1) is 11.8. The molecule has 6 heteroatoms. The fourth-order valence-electron chi connectivity index (χ4n) is 2.41. The lowest BCUT2D eigenvalue weighted by molar-refractivity contribution is -0.115. The number of amides is 3. The Morgan fingerprint density at radius 3 is 1.84 bits per heavy atom. The van der Waals surface area contributed by atoms with Crippen LogP contribution >= 0.6 is 0 Å². The molecule has 0 aliphatic heterocycles. The van der Waals surface area contributed by atoms with Crippen molar-refractivity contribution in [1.82, 2.24) is 5.32 Å². The zero-order valence-electron chi connectivity index (χ0n) is 14.4. The summed E-state index contributed by atoms with van der Waals surface area (Å²) >= 11 is 0. The molecule has 0 saturated carbocycles. The minimum absolute atomic E-state index is 0.178. The third-order valence-corrected chi connectivity index (χ3v) is 3.48. The lowest BCUT2D eigenvalue weighted by Gasteiger charge is -2.16. The second kappa shape index (κ2) is 8.10. The summed E-state index contributed by atoms with van der Waals surface area (Å²) in [5, 5.41) is 8.17.